The molecule has 4 rings (SSSR count). The number of hydrogen-bond donors (Lipinski definition) is 1. The molecule has 0 spiro atoms. The minimum Gasteiger partial charge on any atom is -0.465 e. The van der Waals surface area contributed by atoms with E-state index in [1.54, 1.807) is 45.0 Å². The predicted molar refractivity (Wildman–Crippen MR) is 122 cm³/mol. The zero-order valence-electron chi connectivity index (χ0n) is 19.4. The van der Waals surface area contributed by atoms with Crippen LogP contribution >= 0.6 is 0 Å². The molecular formula is C26H28N2O6. The molecule has 2 aromatic rings. The second kappa shape index (κ2) is 9.38. The molecule has 0 aromatic heterocycles. The van der Waals surface area contributed by atoms with Gasteiger partial charge < -0.3 is 9.47 Å². The van der Waals surface area contributed by atoms with Crippen molar-refractivity contribution in [2.45, 2.75) is 39.0 Å². The number of ether oxygens (including phenoxy) is 2. The topological polar surface area (TPSA) is 102 Å². The Labute approximate surface area is 198 Å². The number of nitrogens with zero attached hydrogens (tertiary/aromatic N) is 1. The van der Waals surface area contributed by atoms with Gasteiger partial charge in [0.1, 0.15) is 12.1 Å². The zero-order chi connectivity index (χ0) is 24.5. The first-order valence-corrected chi connectivity index (χ1v) is 11.4. The van der Waals surface area contributed by atoms with E-state index in [0.717, 1.165) is 5.56 Å². The van der Waals surface area contributed by atoms with E-state index in [1.807, 2.05) is 30.3 Å². The standard InChI is InChI=1S/C26H28N2O6/c1-4-28-22(29)19-20(23(28)30)26(3,25(32)33-5-2)27-21(19)17-11-13-18(14-12-17)24(31)34-15-16-9-7-6-8-10-16/h6-14,19-21,27H,4-5,15H2,1-3H3/t19-,20-,21-,26-/m1/s1. The fraction of sp³-hybridized carbons (Fsp3) is 0.385. The van der Waals surface area contributed by atoms with Crippen LogP contribution in [-0.4, -0.2) is 47.3 Å². The van der Waals surface area contributed by atoms with Crippen LogP contribution in [0.15, 0.2) is 54.6 Å². The summed E-state index contributed by atoms with van der Waals surface area (Å²) in [5, 5.41) is 3.21. The fourth-order valence-electron chi connectivity index (χ4n) is 4.90. The number of amides is 2. The molecule has 2 aromatic carbocycles. The Morgan fingerprint density at radius 3 is 2.26 bits per heavy atom. The lowest BCUT2D eigenvalue weighted by Crippen LogP contribution is -2.54. The molecule has 34 heavy (non-hydrogen) atoms. The van der Waals surface area contributed by atoms with Gasteiger partial charge in [-0.3, -0.25) is 24.6 Å². The molecule has 0 radical (unpaired) electrons. The minimum atomic E-state index is -1.34. The van der Waals surface area contributed by atoms with Gasteiger partial charge in [0.15, 0.2) is 0 Å². The Bertz CT molecular complexity index is 1100. The third-order valence-electron chi connectivity index (χ3n) is 6.61. The Morgan fingerprint density at radius 2 is 1.65 bits per heavy atom. The molecule has 0 unspecified atom stereocenters. The summed E-state index contributed by atoms with van der Waals surface area (Å²) in [5.41, 5.74) is 0.611. The summed E-state index contributed by atoms with van der Waals surface area (Å²) < 4.78 is 10.6. The number of hydrogen-bond acceptors (Lipinski definition) is 7. The highest BCUT2D eigenvalue weighted by molar-refractivity contribution is 6.09. The maximum atomic E-state index is 13.1. The van der Waals surface area contributed by atoms with E-state index in [2.05, 4.69) is 5.32 Å². The normalized spacial score (nSPS) is 25.9. The average molecular weight is 465 g/mol. The van der Waals surface area contributed by atoms with Gasteiger partial charge in [-0.05, 0) is 44.0 Å². The smallest absolute Gasteiger partial charge is 0.338 e. The van der Waals surface area contributed by atoms with Crippen LogP contribution < -0.4 is 5.32 Å². The van der Waals surface area contributed by atoms with Gasteiger partial charge in [0.05, 0.1) is 24.0 Å². The van der Waals surface area contributed by atoms with Crippen LogP contribution in [0.25, 0.3) is 0 Å². The number of likely N-dealkylation sites (tertiary alicyclic amines) is 1. The van der Waals surface area contributed by atoms with Crippen molar-refractivity contribution >= 4 is 23.8 Å². The molecular weight excluding hydrogens is 436 g/mol. The first-order valence-electron chi connectivity index (χ1n) is 11.4. The lowest BCUT2D eigenvalue weighted by molar-refractivity contribution is -0.155. The first-order chi connectivity index (χ1) is 16.3. The van der Waals surface area contributed by atoms with Crippen LogP contribution in [-0.2, 0) is 30.5 Å². The van der Waals surface area contributed by atoms with Gasteiger partial charge in [0.25, 0.3) is 0 Å². The molecule has 2 aliphatic rings. The zero-order valence-corrected chi connectivity index (χ0v) is 19.4. The van der Waals surface area contributed by atoms with Crippen LogP contribution in [0.5, 0.6) is 0 Å². The van der Waals surface area contributed by atoms with Crippen LogP contribution in [0.4, 0.5) is 0 Å². The van der Waals surface area contributed by atoms with E-state index in [0.29, 0.717) is 11.1 Å². The van der Waals surface area contributed by atoms with Gasteiger partial charge in [0, 0.05) is 12.6 Å². The fourth-order valence-corrected chi connectivity index (χ4v) is 4.90. The summed E-state index contributed by atoms with van der Waals surface area (Å²) in [7, 11) is 0. The average Bonchev–Trinajstić information content (AvgIpc) is 3.31. The molecule has 2 amide bonds. The summed E-state index contributed by atoms with van der Waals surface area (Å²) in [6.45, 7) is 5.61. The molecule has 8 nitrogen and oxygen atoms in total. The molecule has 178 valence electrons. The first kappa shape index (κ1) is 23.6. The molecule has 0 bridgehead atoms. The van der Waals surface area contributed by atoms with Crippen molar-refractivity contribution in [3.8, 4) is 0 Å². The second-order valence-corrected chi connectivity index (χ2v) is 8.65. The van der Waals surface area contributed by atoms with Gasteiger partial charge in [-0.25, -0.2) is 4.79 Å². The third-order valence-corrected chi connectivity index (χ3v) is 6.61. The molecule has 2 fully saturated rings. The van der Waals surface area contributed by atoms with Crippen LogP contribution in [0, 0.1) is 11.8 Å². The van der Waals surface area contributed by atoms with Gasteiger partial charge >= 0.3 is 11.9 Å². The lowest BCUT2D eigenvalue weighted by Gasteiger charge is -2.28. The molecule has 2 heterocycles. The van der Waals surface area contributed by atoms with E-state index in [9.17, 15) is 19.2 Å². The van der Waals surface area contributed by atoms with E-state index in [1.165, 1.54) is 4.90 Å². The van der Waals surface area contributed by atoms with Gasteiger partial charge in [-0.15, -0.1) is 0 Å². The Balaban J connectivity index is 1.57. The summed E-state index contributed by atoms with van der Waals surface area (Å²) in [6.07, 6.45) is 0. The highest BCUT2D eigenvalue weighted by Gasteiger charge is 2.66. The maximum Gasteiger partial charge on any atom is 0.338 e. The van der Waals surface area contributed by atoms with Crippen LogP contribution in [0.2, 0.25) is 0 Å². The molecule has 8 heteroatoms. The van der Waals surface area contributed by atoms with E-state index in [-0.39, 0.29) is 31.6 Å². The van der Waals surface area contributed by atoms with E-state index in [4.69, 9.17) is 9.47 Å². The lowest BCUT2D eigenvalue weighted by atomic mass is 9.80. The van der Waals surface area contributed by atoms with Crippen molar-refractivity contribution in [3.05, 3.63) is 71.3 Å². The van der Waals surface area contributed by atoms with Gasteiger partial charge in [-0.2, -0.15) is 0 Å². The third kappa shape index (κ3) is 3.98. The van der Waals surface area contributed by atoms with Crippen molar-refractivity contribution < 1.29 is 28.7 Å². The summed E-state index contributed by atoms with van der Waals surface area (Å²) in [5.74, 6) is -3.31. The quantitative estimate of drug-likeness (QED) is 0.496. The van der Waals surface area contributed by atoms with E-state index >= 15 is 0 Å². The Morgan fingerprint density at radius 1 is 0.971 bits per heavy atom. The van der Waals surface area contributed by atoms with Crippen molar-refractivity contribution in [3.63, 3.8) is 0 Å². The highest BCUT2D eigenvalue weighted by atomic mass is 16.5. The molecule has 2 saturated heterocycles. The molecule has 4 atom stereocenters. The van der Waals surface area contributed by atoms with Gasteiger partial charge in [-0.1, -0.05) is 42.5 Å². The number of carbonyl (C=O) groups is 4. The number of esters is 2. The molecule has 0 saturated carbocycles. The summed E-state index contributed by atoms with van der Waals surface area (Å²) in [6, 6.07) is 15.5. The number of nitrogens with one attached hydrogen (secondary N) is 1. The highest BCUT2D eigenvalue weighted by Crippen LogP contribution is 2.49. The summed E-state index contributed by atoms with van der Waals surface area (Å²) >= 11 is 0. The predicted octanol–water partition coefficient (Wildman–Crippen LogP) is 2.63. The van der Waals surface area contributed by atoms with Crippen molar-refractivity contribution in [1.82, 2.24) is 10.2 Å². The maximum absolute atomic E-state index is 13.1. The second-order valence-electron chi connectivity index (χ2n) is 8.65. The van der Waals surface area contributed by atoms with Crippen LogP contribution in [0.1, 0.15) is 48.3 Å². The number of fused-ring (bicyclic) bond motifs is 1. The number of imide groups is 1. The monoisotopic (exact) mass is 464 g/mol. The Kier molecular flexibility index (Phi) is 6.52. The number of rotatable bonds is 7. The minimum absolute atomic E-state index is 0.163. The SMILES string of the molecule is CCOC(=O)[C@]1(C)N[C@H](c2ccc(C(=O)OCc3ccccc3)cc2)[C@@H]2C(=O)N(CC)C(=O)[C@@H]21. The van der Waals surface area contributed by atoms with Crippen LogP contribution in [0.3, 0.4) is 0 Å². The van der Waals surface area contributed by atoms with Crippen molar-refractivity contribution in [2.24, 2.45) is 11.8 Å². The molecule has 1 N–H and O–H groups in total. The van der Waals surface area contributed by atoms with Crippen molar-refractivity contribution in [2.75, 3.05) is 13.2 Å². The largest absolute Gasteiger partial charge is 0.465 e. The summed E-state index contributed by atoms with van der Waals surface area (Å²) in [4.78, 5) is 52.7. The number of benzene rings is 2. The van der Waals surface area contributed by atoms with Crippen molar-refractivity contribution in [1.29, 1.82) is 0 Å². The number of carbonyl (C=O) groups excluding carboxylic acids is 4. The molecule has 2 aliphatic heterocycles. The van der Waals surface area contributed by atoms with Gasteiger partial charge in [0.2, 0.25) is 11.8 Å². The Hall–Kier alpha value is -3.52. The van der Waals surface area contributed by atoms with E-state index < -0.39 is 35.4 Å². The molecule has 0 aliphatic carbocycles.